The topological polar surface area (TPSA) is 46.2 Å². The van der Waals surface area contributed by atoms with Crippen LogP contribution in [0.3, 0.4) is 0 Å². The normalized spacial score (nSPS) is 17.4. The summed E-state index contributed by atoms with van der Waals surface area (Å²) in [6.45, 7) is 5.27. The quantitative estimate of drug-likeness (QED) is 0.609. The second-order valence-electron chi connectivity index (χ2n) is 2.31. The molecule has 0 aromatic carbocycles. The van der Waals surface area contributed by atoms with Gasteiger partial charge in [-0.05, 0) is 13.0 Å². The summed E-state index contributed by atoms with van der Waals surface area (Å²) >= 11 is 0. The predicted molar refractivity (Wildman–Crippen MR) is 45.2 cm³/mol. The highest BCUT2D eigenvalue weighted by Crippen LogP contribution is 2.12. The lowest BCUT2D eigenvalue weighted by molar-refractivity contribution is -0.134. The van der Waals surface area contributed by atoms with Gasteiger partial charge in [-0.3, -0.25) is 9.59 Å². The Bertz CT molecular complexity index is 310. The largest absolute Gasteiger partial charge is 0.318 e. The second kappa shape index (κ2) is 3.17. The molecule has 1 aliphatic rings. The number of allylic oxidation sites excluding steroid dienone is 3. The van der Waals surface area contributed by atoms with Crippen LogP contribution >= 0.6 is 0 Å². The molecule has 0 aliphatic carbocycles. The van der Waals surface area contributed by atoms with Gasteiger partial charge in [0, 0.05) is 0 Å². The summed E-state index contributed by atoms with van der Waals surface area (Å²) in [5.74, 6) is -1.08. The monoisotopic (exact) mass is 163 g/mol. The van der Waals surface area contributed by atoms with E-state index in [4.69, 9.17) is 0 Å². The summed E-state index contributed by atoms with van der Waals surface area (Å²) in [5.41, 5.74) is 0.876. The van der Waals surface area contributed by atoms with E-state index in [0.717, 1.165) is 0 Å². The molecular weight excluding hydrogens is 154 g/mol. The van der Waals surface area contributed by atoms with Gasteiger partial charge in [-0.1, -0.05) is 18.7 Å². The van der Waals surface area contributed by atoms with E-state index in [1.165, 1.54) is 6.08 Å². The number of nitrogens with one attached hydrogen (secondary N) is 1. The number of rotatable bonds is 2. The molecule has 3 heteroatoms. The van der Waals surface area contributed by atoms with Gasteiger partial charge >= 0.3 is 0 Å². The number of hydrogen-bond donors (Lipinski definition) is 1. The van der Waals surface area contributed by atoms with Crippen LogP contribution in [-0.2, 0) is 9.59 Å². The molecule has 0 atom stereocenters. The first-order valence-corrected chi connectivity index (χ1v) is 3.55. The van der Waals surface area contributed by atoms with E-state index in [2.05, 4.69) is 11.9 Å². The standard InChI is InChI=1S/C9H9NO2/c1-3-5-6-7(4-2)10-9(12)8(6)11/h3-5H,2H2,1H3,(H,10,11,12)/b5-3-. The molecule has 1 amide bonds. The zero-order valence-corrected chi connectivity index (χ0v) is 6.76. The molecule has 0 radical (unpaired) electrons. The van der Waals surface area contributed by atoms with Crippen molar-refractivity contribution in [2.24, 2.45) is 0 Å². The maximum Gasteiger partial charge on any atom is 0.296 e. The van der Waals surface area contributed by atoms with Gasteiger partial charge in [-0.15, -0.1) is 0 Å². The molecular formula is C9H9NO2. The minimum absolute atomic E-state index is 0.387. The van der Waals surface area contributed by atoms with E-state index >= 15 is 0 Å². The third-order valence-corrected chi connectivity index (χ3v) is 1.53. The third kappa shape index (κ3) is 1.21. The van der Waals surface area contributed by atoms with Crippen LogP contribution in [0.15, 0.2) is 36.1 Å². The van der Waals surface area contributed by atoms with Crippen molar-refractivity contribution in [1.82, 2.24) is 5.32 Å². The van der Waals surface area contributed by atoms with E-state index in [9.17, 15) is 9.59 Å². The van der Waals surface area contributed by atoms with E-state index < -0.39 is 11.7 Å². The van der Waals surface area contributed by atoms with Crippen LogP contribution < -0.4 is 5.32 Å². The van der Waals surface area contributed by atoms with Crippen molar-refractivity contribution >= 4 is 11.7 Å². The van der Waals surface area contributed by atoms with E-state index in [-0.39, 0.29) is 0 Å². The molecule has 3 nitrogen and oxygen atoms in total. The summed E-state index contributed by atoms with van der Waals surface area (Å²) in [6.07, 6.45) is 4.76. The zero-order valence-electron chi connectivity index (χ0n) is 6.76. The van der Waals surface area contributed by atoms with Crippen molar-refractivity contribution in [3.8, 4) is 0 Å². The van der Waals surface area contributed by atoms with E-state index in [1.807, 2.05) is 0 Å². The molecule has 62 valence electrons. The predicted octanol–water partition coefficient (Wildman–Crippen LogP) is 0.701. The Morgan fingerprint density at radius 2 is 2.08 bits per heavy atom. The fourth-order valence-electron chi connectivity index (χ4n) is 0.984. The average molecular weight is 163 g/mol. The molecule has 0 fully saturated rings. The molecule has 0 bridgehead atoms. The zero-order chi connectivity index (χ0) is 9.14. The fraction of sp³-hybridized carbons (Fsp3) is 0.111. The summed E-state index contributed by atoms with van der Waals surface area (Å²) in [7, 11) is 0. The van der Waals surface area contributed by atoms with Crippen molar-refractivity contribution in [2.75, 3.05) is 0 Å². The number of amides is 1. The maximum atomic E-state index is 11.1. The molecule has 1 rings (SSSR count). The lowest BCUT2D eigenvalue weighted by atomic mass is 10.1. The molecule has 0 unspecified atom stereocenters. The number of carbonyl (C=O) groups is 2. The van der Waals surface area contributed by atoms with Gasteiger partial charge in [0.15, 0.2) is 0 Å². The van der Waals surface area contributed by atoms with Crippen molar-refractivity contribution in [2.45, 2.75) is 6.92 Å². The van der Waals surface area contributed by atoms with Gasteiger partial charge < -0.3 is 5.32 Å². The van der Waals surface area contributed by atoms with Gasteiger partial charge in [0.2, 0.25) is 0 Å². The van der Waals surface area contributed by atoms with Gasteiger partial charge in [-0.25, -0.2) is 0 Å². The second-order valence-corrected chi connectivity index (χ2v) is 2.31. The summed E-state index contributed by atoms with van der Waals surface area (Å²) < 4.78 is 0. The smallest absolute Gasteiger partial charge is 0.296 e. The highest BCUT2D eigenvalue weighted by molar-refractivity contribution is 6.46. The fourth-order valence-corrected chi connectivity index (χ4v) is 0.984. The molecule has 0 spiro atoms. The lowest BCUT2D eigenvalue weighted by Gasteiger charge is -1.91. The number of ketones is 1. The third-order valence-electron chi connectivity index (χ3n) is 1.53. The summed E-state index contributed by atoms with van der Waals surface area (Å²) in [4.78, 5) is 21.9. The highest BCUT2D eigenvalue weighted by atomic mass is 16.2. The Morgan fingerprint density at radius 1 is 1.42 bits per heavy atom. The van der Waals surface area contributed by atoms with Crippen LogP contribution in [0.1, 0.15) is 6.92 Å². The number of Topliss-reactive ketones (excluding diaryl/α,β-unsaturated/α-hetero) is 1. The van der Waals surface area contributed by atoms with Crippen molar-refractivity contribution in [1.29, 1.82) is 0 Å². The Labute approximate surface area is 70.5 Å². The Morgan fingerprint density at radius 3 is 2.58 bits per heavy atom. The van der Waals surface area contributed by atoms with E-state index in [0.29, 0.717) is 11.3 Å². The van der Waals surface area contributed by atoms with E-state index in [1.54, 1.807) is 19.1 Å². The molecule has 0 saturated heterocycles. The number of carbonyl (C=O) groups excluding carboxylic acids is 2. The lowest BCUT2D eigenvalue weighted by Crippen LogP contribution is -2.20. The van der Waals surface area contributed by atoms with Crippen LogP contribution in [0.25, 0.3) is 0 Å². The first-order chi connectivity index (χ1) is 5.70. The maximum absolute atomic E-state index is 11.1. The first-order valence-electron chi connectivity index (χ1n) is 3.55. The Balaban J connectivity index is 3.11. The Hall–Kier alpha value is -1.64. The summed E-state index contributed by atoms with van der Waals surface area (Å²) in [6, 6.07) is 0. The molecule has 12 heavy (non-hydrogen) atoms. The molecule has 1 N–H and O–H groups in total. The minimum Gasteiger partial charge on any atom is -0.318 e. The number of hydrogen-bond acceptors (Lipinski definition) is 2. The molecule has 0 aromatic heterocycles. The molecule has 0 saturated carbocycles. The minimum atomic E-state index is -0.585. The van der Waals surface area contributed by atoms with Gasteiger partial charge in [0.05, 0.1) is 11.3 Å². The van der Waals surface area contributed by atoms with Crippen LogP contribution in [0.4, 0.5) is 0 Å². The average Bonchev–Trinajstić information content (AvgIpc) is 2.33. The first kappa shape index (κ1) is 8.46. The SMILES string of the molecule is C=CC1=C(/C=C\C)C(=O)C(=O)N1. The molecule has 1 heterocycles. The van der Waals surface area contributed by atoms with Gasteiger partial charge in [-0.2, -0.15) is 0 Å². The Kier molecular flexibility index (Phi) is 2.24. The molecule has 0 aromatic rings. The summed E-state index contributed by atoms with van der Waals surface area (Å²) in [5, 5.41) is 2.41. The van der Waals surface area contributed by atoms with Crippen LogP contribution in [0.2, 0.25) is 0 Å². The molecule has 1 aliphatic heterocycles. The van der Waals surface area contributed by atoms with Crippen molar-refractivity contribution in [3.63, 3.8) is 0 Å². The van der Waals surface area contributed by atoms with Crippen LogP contribution in [0.5, 0.6) is 0 Å². The van der Waals surface area contributed by atoms with Crippen LogP contribution in [0, 0.1) is 0 Å². The van der Waals surface area contributed by atoms with Crippen LogP contribution in [-0.4, -0.2) is 11.7 Å². The highest BCUT2D eigenvalue weighted by Gasteiger charge is 2.27. The van der Waals surface area contributed by atoms with Gasteiger partial charge in [0.1, 0.15) is 0 Å². The van der Waals surface area contributed by atoms with Crippen molar-refractivity contribution in [3.05, 3.63) is 36.1 Å². The van der Waals surface area contributed by atoms with Crippen molar-refractivity contribution < 1.29 is 9.59 Å². The van der Waals surface area contributed by atoms with Gasteiger partial charge in [0.25, 0.3) is 11.7 Å².